The van der Waals surface area contributed by atoms with E-state index in [4.69, 9.17) is 23.8 Å². The minimum Gasteiger partial charge on any atom is -0.462 e. The van der Waals surface area contributed by atoms with Crippen LogP contribution in [0.1, 0.15) is 130 Å². The van der Waals surface area contributed by atoms with Gasteiger partial charge in [-0.1, -0.05) is 121 Å². The monoisotopic (exact) mass is 810 g/mol. The zero-order valence-electron chi connectivity index (χ0n) is 32.6. The number of aliphatic hydroxyl groups excluding tert-OH is 2. The lowest BCUT2D eigenvalue weighted by atomic mass is 10.0. The zero-order chi connectivity index (χ0) is 40.5. The predicted molar refractivity (Wildman–Crippen MR) is 208 cm³/mol. The molecule has 16 heteroatoms. The second-order valence-electron chi connectivity index (χ2n) is 13.5. The topological polar surface area (TPSA) is 216 Å². The first-order chi connectivity index (χ1) is 25.6. The summed E-state index contributed by atoms with van der Waals surface area (Å²) in [6, 6.07) is 0. The molecule has 0 heterocycles. The van der Waals surface area contributed by atoms with Gasteiger partial charge in [-0.3, -0.25) is 23.2 Å². The SMILES string of the molecule is CCCCC/C=C\C/C=C\C/C=C\C=C\[C@H](O)CCCC(=O)O[C@H](COC(=O)CCCCCCCCC(C)C)COP(=O)(O)OC[C@@H](O)COP(=O)(O)O. The van der Waals surface area contributed by atoms with E-state index < -0.39 is 72.3 Å². The fourth-order valence-corrected chi connectivity index (χ4v) is 5.91. The fraction of sp³-hybridized carbons (Fsp3) is 0.737. The van der Waals surface area contributed by atoms with Gasteiger partial charge >= 0.3 is 27.6 Å². The van der Waals surface area contributed by atoms with Gasteiger partial charge in [-0.05, 0) is 50.9 Å². The van der Waals surface area contributed by atoms with Crippen LogP contribution in [0.25, 0.3) is 0 Å². The van der Waals surface area contributed by atoms with Gasteiger partial charge in [0, 0.05) is 12.8 Å². The Morgan fingerprint density at radius 1 is 0.648 bits per heavy atom. The Balaban J connectivity index is 4.79. The molecule has 1 unspecified atom stereocenters. The molecule has 4 atom stereocenters. The molecule has 0 amide bonds. The fourth-order valence-electron chi connectivity index (χ4n) is 4.75. The van der Waals surface area contributed by atoms with E-state index in [1.807, 2.05) is 12.2 Å². The number of esters is 2. The van der Waals surface area contributed by atoms with Gasteiger partial charge in [0.25, 0.3) is 0 Å². The molecule has 0 saturated heterocycles. The maximum absolute atomic E-state index is 12.6. The summed E-state index contributed by atoms with van der Waals surface area (Å²) in [5, 5.41) is 20.0. The van der Waals surface area contributed by atoms with Crippen LogP contribution in [0.4, 0.5) is 0 Å². The number of unbranched alkanes of at least 4 members (excludes halogenated alkanes) is 8. The summed E-state index contributed by atoms with van der Waals surface area (Å²) < 4.78 is 47.4. The van der Waals surface area contributed by atoms with Gasteiger partial charge in [-0.15, -0.1) is 0 Å². The molecule has 54 heavy (non-hydrogen) atoms. The second kappa shape index (κ2) is 33.2. The van der Waals surface area contributed by atoms with Crippen molar-refractivity contribution in [2.24, 2.45) is 5.92 Å². The summed E-state index contributed by atoms with van der Waals surface area (Å²) in [7, 11) is -9.73. The lowest BCUT2D eigenvalue weighted by Gasteiger charge is -2.20. The van der Waals surface area contributed by atoms with E-state index in [0.717, 1.165) is 44.9 Å². The zero-order valence-corrected chi connectivity index (χ0v) is 34.4. The molecule has 0 aliphatic heterocycles. The smallest absolute Gasteiger partial charge is 0.462 e. The number of rotatable bonds is 35. The lowest BCUT2D eigenvalue weighted by molar-refractivity contribution is -0.161. The number of hydrogen-bond acceptors (Lipinski definition) is 11. The number of ether oxygens (including phenoxy) is 2. The number of allylic oxidation sites excluding steroid dienone is 7. The quantitative estimate of drug-likeness (QED) is 0.0135. The molecule has 0 radical (unpaired) electrons. The van der Waals surface area contributed by atoms with Crippen LogP contribution in [0.3, 0.4) is 0 Å². The van der Waals surface area contributed by atoms with Gasteiger partial charge in [-0.2, -0.15) is 0 Å². The molecule has 0 aliphatic carbocycles. The van der Waals surface area contributed by atoms with Crippen molar-refractivity contribution in [2.45, 2.75) is 148 Å². The van der Waals surface area contributed by atoms with E-state index in [2.05, 4.69) is 54.1 Å². The number of phosphoric ester groups is 2. The highest BCUT2D eigenvalue weighted by molar-refractivity contribution is 7.47. The molecule has 0 saturated carbocycles. The van der Waals surface area contributed by atoms with Crippen molar-refractivity contribution in [3.63, 3.8) is 0 Å². The van der Waals surface area contributed by atoms with Gasteiger partial charge in [0.05, 0.1) is 25.9 Å². The molecule has 0 fully saturated rings. The Morgan fingerprint density at radius 2 is 1.26 bits per heavy atom. The molecule has 0 aromatic rings. The van der Waals surface area contributed by atoms with E-state index in [1.54, 1.807) is 12.2 Å². The minimum absolute atomic E-state index is 0.0980. The molecule has 314 valence electrons. The van der Waals surface area contributed by atoms with E-state index in [0.29, 0.717) is 12.3 Å². The predicted octanol–water partition coefficient (Wildman–Crippen LogP) is 7.94. The highest BCUT2D eigenvalue weighted by atomic mass is 31.2. The number of phosphoric acid groups is 2. The maximum Gasteiger partial charge on any atom is 0.472 e. The van der Waals surface area contributed by atoms with Crippen molar-refractivity contribution < 1.29 is 66.7 Å². The summed E-state index contributed by atoms with van der Waals surface area (Å²) in [5.74, 6) is -0.558. The van der Waals surface area contributed by atoms with E-state index in [1.165, 1.54) is 32.1 Å². The van der Waals surface area contributed by atoms with Gasteiger partial charge < -0.3 is 34.4 Å². The van der Waals surface area contributed by atoms with Crippen molar-refractivity contribution in [3.05, 3.63) is 48.6 Å². The van der Waals surface area contributed by atoms with Crippen molar-refractivity contribution >= 4 is 27.6 Å². The Morgan fingerprint density at radius 3 is 1.94 bits per heavy atom. The van der Waals surface area contributed by atoms with E-state index in [-0.39, 0.29) is 25.7 Å². The third-order valence-electron chi connectivity index (χ3n) is 7.74. The third kappa shape index (κ3) is 37.0. The van der Waals surface area contributed by atoms with E-state index >= 15 is 0 Å². The summed E-state index contributed by atoms with van der Waals surface area (Å²) >= 11 is 0. The summed E-state index contributed by atoms with van der Waals surface area (Å²) in [6.45, 7) is 3.67. The molecule has 14 nitrogen and oxygen atoms in total. The molecular formula is C38H68O14P2. The second-order valence-corrected chi connectivity index (χ2v) is 16.2. The van der Waals surface area contributed by atoms with Crippen molar-refractivity contribution in [1.29, 1.82) is 0 Å². The third-order valence-corrected chi connectivity index (χ3v) is 9.18. The van der Waals surface area contributed by atoms with Crippen molar-refractivity contribution in [3.8, 4) is 0 Å². The Labute approximate surface area is 322 Å². The Bertz CT molecular complexity index is 1180. The van der Waals surface area contributed by atoms with E-state index in [9.17, 15) is 33.8 Å². The molecular weight excluding hydrogens is 742 g/mol. The Kier molecular flexibility index (Phi) is 32.0. The summed E-state index contributed by atoms with van der Waals surface area (Å²) in [4.78, 5) is 52.4. The molecule has 0 aromatic carbocycles. The van der Waals surface area contributed by atoms with Crippen LogP contribution < -0.4 is 0 Å². The first kappa shape index (κ1) is 52.0. The van der Waals surface area contributed by atoms with Gasteiger partial charge in [0.2, 0.25) is 0 Å². The van der Waals surface area contributed by atoms with Crippen LogP contribution in [0.2, 0.25) is 0 Å². The average molecular weight is 811 g/mol. The largest absolute Gasteiger partial charge is 0.472 e. The molecule has 0 aliphatic rings. The van der Waals surface area contributed by atoms with Crippen LogP contribution in [0.5, 0.6) is 0 Å². The molecule has 0 rings (SSSR count). The van der Waals surface area contributed by atoms with Gasteiger partial charge in [0.1, 0.15) is 12.7 Å². The Hall–Kier alpha value is -1.96. The molecule has 0 spiro atoms. The van der Waals surface area contributed by atoms with Crippen molar-refractivity contribution in [2.75, 3.05) is 26.4 Å². The van der Waals surface area contributed by atoms with Crippen LogP contribution in [0.15, 0.2) is 48.6 Å². The number of carbonyl (C=O) groups is 2. The van der Waals surface area contributed by atoms with Gasteiger partial charge in [-0.25, -0.2) is 9.13 Å². The summed E-state index contributed by atoms with van der Waals surface area (Å²) in [6.07, 6.45) is 26.2. The minimum atomic E-state index is -4.88. The number of carbonyl (C=O) groups excluding carboxylic acids is 2. The van der Waals surface area contributed by atoms with Crippen LogP contribution >= 0.6 is 15.6 Å². The number of aliphatic hydroxyl groups is 2. The normalized spacial score (nSPS) is 15.4. The van der Waals surface area contributed by atoms with Crippen LogP contribution in [-0.2, 0) is 41.8 Å². The standard InChI is InChI=1S/C38H68O14P2/c1-4-5-6-7-8-9-10-11-12-13-14-18-21-25-34(39)26-23-28-38(42)52-36(31-48-37(41)27-22-19-16-15-17-20-24-33(2)3)32-51-54(46,47)50-30-35(40)29-49-53(43,44)45/h8-9,11-12,14,18,21,25,33-36,39-40H,4-7,10,13,15-17,19-20,22-24,26-32H2,1-3H3,(H,46,47)(H2,43,44,45)/b9-8-,12-11-,18-14-,25-21+/t34-,35-,36+/m0/s1. The molecule has 0 bridgehead atoms. The maximum atomic E-state index is 12.6. The first-order valence-corrected chi connectivity index (χ1v) is 22.3. The number of hydrogen-bond donors (Lipinski definition) is 5. The highest BCUT2D eigenvalue weighted by Gasteiger charge is 2.28. The highest BCUT2D eigenvalue weighted by Crippen LogP contribution is 2.43. The van der Waals surface area contributed by atoms with Crippen LogP contribution in [0, 0.1) is 5.92 Å². The molecule has 5 N–H and O–H groups in total. The molecule has 0 aromatic heterocycles. The van der Waals surface area contributed by atoms with Crippen LogP contribution in [-0.4, -0.2) is 81.6 Å². The first-order valence-electron chi connectivity index (χ1n) is 19.3. The lowest BCUT2D eigenvalue weighted by Crippen LogP contribution is -2.30. The van der Waals surface area contributed by atoms with Gasteiger partial charge in [0.15, 0.2) is 6.10 Å². The van der Waals surface area contributed by atoms with Crippen molar-refractivity contribution in [1.82, 2.24) is 0 Å². The average Bonchev–Trinajstić information content (AvgIpc) is 3.10. The summed E-state index contributed by atoms with van der Waals surface area (Å²) in [5.41, 5.74) is 0.